The molecule has 0 unspecified atom stereocenters. The fourth-order valence-electron chi connectivity index (χ4n) is 4.07. The predicted molar refractivity (Wildman–Crippen MR) is 128 cm³/mol. The minimum atomic E-state index is -0.218. The van der Waals surface area contributed by atoms with Crippen LogP contribution in [-0.4, -0.2) is 25.9 Å². The Labute approximate surface area is 197 Å². The highest BCUT2D eigenvalue weighted by Crippen LogP contribution is 2.35. The van der Waals surface area contributed by atoms with E-state index in [2.05, 4.69) is 4.90 Å². The number of nitrogens with zero attached hydrogens (tertiary/aromatic N) is 1. The molecule has 0 aliphatic carbocycles. The molecule has 1 aliphatic heterocycles. The van der Waals surface area contributed by atoms with E-state index in [4.69, 9.17) is 23.4 Å². The van der Waals surface area contributed by atoms with E-state index in [-0.39, 0.29) is 11.2 Å². The van der Waals surface area contributed by atoms with Crippen molar-refractivity contribution < 1.29 is 23.4 Å². The Morgan fingerprint density at radius 3 is 2.21 bits per heavy atom. The summed E-state index contributed by atoms with van der Waals surface area (Å²) in [5.41, 5.74) is 2.31. The van der Waals surface area contributed by atoms with Crippen LogP contribution in [0.1, 0.15) is 16.9 Å². The number of fused-ring (bicyclic) bond motifs is 3. The molecule has 0 radical (unpaired) electrons. The van der Waals surface area contributed by atoms with E-state index < -0.39 is 0 Å². The maximum Gasteiger partial charge on any atom is 0.235 e. The van der Waals surface area contributed by atoms with Crippen molar-refractivity contribution in [2.24, 2.45) is 0 Å². The Morgan fingerprint density at radius 2 is 1.53 bits per heavy atom. The van der Waals surface area contributed by atoms with Gasteiger partial charge >= 0.3 is 0 Å². The van der Waals surface area contributed by atoms with E-state index >= 15 is 0 Å². The number of rotatable bonds is 6. The van der Waals surface area contributed by atoms with Gasteiger partial charge in [0.1, 0.15) is 41.1 Å². The summed E-state index contributed by atoms with van der Waals surface area (Å²) in [4.78, 5) is 15.5. The molecule has 7 heteroatoms. The van der Waals surface area contributed by atoms with Gasteiger partial charge in [0.15, 0.2) is 0 Å². The third-order valence-electron chi connectivity index (χ3n) is 5.87. The molecule has 7 nitrogen and oxygen atoms in total. The van der Waals surface area contributed by atoms with E-state index in [9.17, 15) is 4.79 Å². The second-order valence-corrected chi connectivity index (χ2v) is 8.12. The van der Waals surface area contributed by atoms with E-state index in [1.54, 1.807) is 51.5 Å². The molecular formula is C27H25NO6. The van der Waals surface area contributed by atoms with Crippen molar-refractivity contribution in [1.82, 2.24) is 4.90 Å². The van der Waals surface area contributed by atoms with Gasteiger partial charge in [0.2, 0.25) is 11.2 Å². The summed E-state index contributed by atoms with van der Waals surface area (Å²) in [6.45, 7) is 3.48. The third kappa shape index (κ3) is 4.18. The molecule has 0 bridgehead atoms. The van der Waals surface area contributed by atoms with Crippen LogP contribution in [0, 0.1) is 6.92 Å². The van der Waals surface area contributed by atoms with Crippen molar-refractivity contribution in [1.29, 1.82) is 0 Å². The first-order chi connectivity index (χ1) is 16.6. The van der Waals surface area contributed by atoms with Crippen LogP contribution < -0.4 is 24.4 Å². The number of ether oxygens (including phenoxy) is 4. The largest absolute Gasteiger partial charge is 0.497 e. The first-order valence-corrected chi connectivity index (χ1v) is 10.9. The fraction of sp³-hybridized carbons (Fsp3) is 0.222. The van der Waals surface area contributed by atoms with Crippen LogP contribution in [0.5, 0.6) is 28.7 Å². The van der Waals surface area contributed by atoms with Gasteiger partial charge in [-0.25, -0.2) is 0 Å². The van der Waals surface area contributed by atoms with Crippen LogP contribution in [0.15, 0.2) is 69.9 Å². The van der Waals surface area contributed by atoms with E-state index in [0.717, 1.165) is 22.6 Å². The van der Waals surface area contributed by atoms with Crippen LogP contribution in [0.4, 0.5) is 0 Å². The highest BCUT2D eigenvalue weighted by atomic mass is 16.5. The minimum absolute atomic E-state index is 0.171. The molecule has 5 rings (SSSR count). The molecule has 2 heterocycles. The highest BCUT2D eigenvalue weighted by Gasteiger charge is 2.24. The molecule has 1 aliphatic rings. The number of aryl methyl sites for hydroxylation is 1. The zero-order chi connectivity index (χ0) is 23.7. The Hall–Kier alpha value is -3.97. The van der Waals surface area contributed by atoms with Crippen molar-refractivity contribution in [3.63, 3.8) is 0 Å². The molecule has 0 saturated carbocycles. The van der Waals surface area contributed by atoms with E-state index in [1.807, 2.05) is 30.3 Å². The lowest BCUT2D eigenvalue weighted by Gasteiger charge is -2.29. The van der Waals surface area contributed by atoms with Gasteiger partial charge < -0.3 is 23.4 Å². The molecule has 174 valence electrons. The molecule has 0 atom stereocenters. The molecule has 0 N–H and O–H groups in total. The van der Waals surface area contributed by atoms with Gasteiger partial charge in [-0.3, -0.25) is 9.69 Å². The smallest absolute Gasteiger partial charge is 0.235 e. The molecule has 0 amide bonds. The van der Waals surface area contributed by atoms with Gasteiger partial charge in [-0.15, -0.1) is 0 Å². The van der Waals surface area contributed by atoms with E-state index in [0.29, 0.717) is 48.0 Å². The number of methoxy groups -OCH3 is 2. The SMILES string of the molecule is COc1ccc(CN2COc3ccc4c(=O)c(Oc5ccc(OC)cc5)c(C)oc4c3C2)cc1. The molecule has 34 heavy (non-hydrogen) atoms. The van der Waals surface area contributed by atoms with Gasteiger partial charge in [-0.2, -0.15) is 0 Å². The van der Waals surface area contributed by atoms with Crippen LogP contribution >= 0.6 is 0 Å². The van der Waals surface area contributed by atoms with E-state index in [1.165, 1.54) is 0 Å². The van der Waals surface area contributed by atoms with Crippen LogP contribution in [-0.2, 0) is 13.1 Å². The van der Waals surface area contributed by atoms with Gasteiger partial charge in [0.25, 0.3) is 0 Å². The van der Waals surface area contributed by atoms with Gasteiger partial charge in [0, 0.05) is 13.1 Å². The predicted octanol–water partition coefficient (Wildman–Crippen LogP) is 5.26. The quantitative estimate of drug-likeness (QED) is 0.389. The van der Waals surface area contributed by atoms with Crippen LogP contribution in [0.25, 0.3) is 11.0 Å². The normalized spacial score (nSPS) is 13.3. The molecule has 3 aromatic carbocycles. The second kappa shape index (κ2) is 9.11. The Morgan fingerprint density at radius 1 is 0.882 bits per heavy atom. The lowest BCUT2D eigenvalue weighted by molar-refractivity contribution is 0.0889. The maximum absolute atomic E-state index is 13.3. The zero-order valence-electron chi connectivity index (χ0n) is 19.3. The second-order valence-electron chi connectivity index (χ2n) is 8.12. The summed E-state index contributed by atoms with van der Waals surface area (Å²) in [5, 5.41) is 0.461. The topological polar surface area (TPSA) is 70.4 Å². The summed E-state index contributed by atoms with van der Waals surface area (Å²) >= 11 is 0. The van der Waals surface area contributed by atoms with Crippen molar-refractivity contribution in [2.75, 3.05) is 21.0 Å². The molecule has 4 aromatic rings. The lowest BCUT2D eigenvalue weighted by atomic mass is 10.1. The van der Waals surface area contributed by atoms with Gasteiger partial charge in [0.05, 0.1) is 25.2 Å². The lowest BCUT2D eigenvalue weighted by Crippen LogP contribution is -2.31. The molecule has 0 spiro atoms. The van der Waals surface area contributed by atoms with Crippen molar-refractivity contribution >= 4 is 11.0 Å². The van der Waals surface area contributed by atoms with Crippen molar-refractivity contribution in [3.8, 4) is 28.7 Å². The first kappa shape index (κ1) is 21.9. The van der Waals surface area contributed by atoms with Crippen LogP contribution in [0.2, 0.25) is 0 Å². The monoisotopic (exact) mass is 459 g/mol. The zero-order valence-corrected chi connectivity index (χ0v) is 19.3. The summed E-state index contributed by atoms with van der Waals surface area (Å²) in [6.07, 6.45) is 0. The average Bonchev–Trinajstić information content (AvgIpc) is 2.87. The van der Waals surface area contributed by atoms with Crippen molar-refractivity contribution in [3.05, 3.63) is 87.8 Å². The average molecular weight is 459 g/mol. The molecule has 0 fully saturated rings. The number of hydrogen-bond acceptors (Lipinski definition) is 7. The summed E-state index contributed by atoms with van der Waals surface area (Å²) < 4.78 is 28.4. The maximum atomic E-state index is 13.3. The van der Waals surface area contributed by atoms with Gasteiger partial charge in [-0.05, 0) is 61.0 Å². The van der Waals surface area contributed by atoms with Crippen LogP contribution in [0.3, 0.4) is 0 Å². The Kier molecular flexibility index (Phi) is 5.86. The summed E-state index contributed by atoms with van der Waals surface area (Å²) in [5.74, 6) is 3.37. The summed E-state index contributed by atoms with van der Waals surface area (Å²) in [7, 11) is 3.25. The highest BCUT2D eigenvalue weighted by molar-refractivity contribution is 5.83. The standard InChI is InChI=1S/C27H25NO6/c1-17-26(34-21-10-8-20(31-3)9-11-21)25(29)22-12-13-24-23(27(22)33-17)15-28(16-32-24)14-18-4-6-19(30-2)7-5-18/h4-13H,14-16H2,1-3H3. The summed E-state index contributed by atoms with van der Waals surface area (Å²) in [6, 6.07) is 18.6. The molecule has 1 aromatic heterocycles. The number of benzene rings is 3. The fourth-order valence-corrected chi connectivity index (χ4v) is 4.07. The van der Waals surface area contributed by atoms with Gasteiger partial charge in [-0.1, -0.05) is 12.1 Å². The number of hydrogen-bond donors (Lipinski definition) is 0. The van der Waals surface area contributed by atoms with Crippen molar-refractivity contribution in [2.45, 2.75) is 20.0 Å². The Balaban J connectivity index is 1.45. The Bertz CT molecular complexity index is 1380. The first-order valence-electron chi connectivity index (χ1n) is 10.9. The molecular weight excluding hydrogens is 434 g/mol. The third-order valence-corrected chi connectivity index (χ3v) is 5.87. The minimum Gasteiger partial charge on any atom is -0.497 e. The molecule has 0 saturated heterocycles.